The van der Waals surface area contributed by atoms with Crippen LogP contribution < -0.4 is 41.4 Å². The summed E-state index contributed by atoms with van der Waals surface area (Å²) in [6.07, 6.45) is -1.65. The summed E-state index contributed by atoms with van der Waals surface area (Å²) in [5.41, 5.74) is 0. The van der Waals surface area contributed by atoms with E-state index in [0.717, 1.165) is 10.8 Å². The van der Waals surface area contributed by atoms with E-state index in [1.807, 2.05) is 39.8 Å². The monoisotopic (exact) mass is 987 g/mol. The number of fused-ring (bicyclic) bond motifs is 1. The van der Waals surface area contributed by atoms with Gasteiger partial charge < -0.3 is 61.1 Å². The number of methoxy groups -OCH3 is 2. The molecule has 2 aromatic carbocycles. The highest BCUT2D eigenvalue weighted by Crippen LogP contribution is 2.26. The van der Waals surface area contributed by atoms with Crippen LogP contribution in [-0.4, -0.2) is 133 Å². The number of rotatable bonds is 30. The molecule has 20 nitrogen and oxygen atoms in total. The van der Waals surface area contributed by atoms with Gasteiger partial charge in [0.25, 0.3) is 0 Å². The maximum atomic E-state index is 13.3. The Bertz CT molecular complexity index is 1920. The molecule has 0 aliphatic heterocycles. The number of aliphatic hydroxyl groups excluding tert-OH is 2. The number of aliphatic hydroxyl groups is 2. The number of benzene rings is 2. The second-order valence-corrected chi connectivity index (χ2v) is 19.0. The first-order valence-corrected chi connectivity index (χ1v) is 24.0. The Morgan fingerprint density at radius 2 is 0.829 bits per heavy atom. The van der Waals surface area contributed by atoms with Crippen molar-refractivity contribution in [1.82, 2.24) is 31.9 Å². The van der Waals surface area contributed by atoms with Gasteiger partial charge in [-0.15, -0.1) is 0 Å². The number of ether oxygens (including phenoxy) is 4. The number of carbonyl (C=O) groups excluding carboxylic acids is 8. The van der Waals surface area contributed by atoms with Gasteiger partial charge in [-0.25, -0.2) is 9.59 Å². The third kappa shape index (κ3) is 20.5. The number of carbonyl (C=O) groups is 8. The van der Waals surface area contributed by atoms with Gasteiger partial charge in [-0.2, -0.15) is 0 Å². The second kappa shape index (κ2) is 29.9. The first-order chi connectivity index (χ1) is 32.9. The highest BCUT2D eigenvalue weighted by molar-refractivity contribution is 5.95. The van der Waals surface area contributed by atoms with Gasteiger partial charge in [0, 0.05) is 12.8 Å². The number of esters is 2. The average molecular weight is 987 g/mol. The lowest BCUT2D eigenvalue weighted by Crippen LogP contribution is -2.59. The highest BCUT2D eigenvalue weighted by atomic mass is 16.5. The smallest absolute Gasteiger partial charge is 0.328 e. The molecule has 392 valence electrons. The summed E-state index contributed by atoms with van der Waals surface area (Å²) in [6, 6.07) is 4.20. The first kappa shape index (κ1) is 60.1. The standard InChI is InChI=1S/C50H78N6O14/c1-27(2)23-37(45(61)55-41(29(5)6)49(65)67-11)51-47(63)43(31(9)57)53-39(59)15-13-21-69-35-19-17-33-18-20-36(26-34(33)25-35)70-22-14-16-40(60)54-44(32(10)58)48(64)52-38(24-28(3)4)46(62)56-42(30(7)8)50(66)68-12/h17-20,25-32,37-38,41-44,57-58H,13-16,21-24H2,1-12H3,(H,51,63)(H,52,64)(H,53,59)(H,54,60)(H,55,61)(H,56,62)/t31-,32-,37+,38+,41+,42+,43+,44+/m1/s1. The van der Waals surface area contributed by atoms with E-state index in [2.05, 4.69) is 31.9 Å². The van der Waals surface area contributed by atoms with Crippen molar-refractivity contribution in [2.24, 2.45) is 23.7 Å². The minimum absolute atomic E-state index is 0.0231. The van der Waals surface area contributed by atoms with Crippen molar-refractivity contribution < 1.29 is 67.5 Å². The van der Waals surface area contributed by atoms with Gasteiger partial charge >= 0.3 is 11.9 Å². The van der Waals surface area contributed by atoms with Crippen LogP contribution in [0.3, 0.4) is 0 Å². The van der Waals surface area contributed by atoms with Crippen molar-refractivity contribution in [3.63, 3.8) is 0 Å². The Kier molecular flexibility index (Phi) is 25.7. The molecule has 0 radical (unpaired) electrons. The van der Waals surface area contributed by atoms with E-state index in [1.165, 1.54) is 28.1 Å². The van der Waals surface area contributed by atoms with Crippen LogP contribution in [0.2, 0.25) is 0 Å². The number of hydrogen-bond acceptors (Lipinski definition) is 14. The second-order valence-electron chi connectivity index (χ2n) is 19.0. The molecular weight excluding hydrogens is 909 g/mol. The average Bonchev–Trinajstić information content (AvgIpc) is 3.28. The van der Waals surface area contributed by atoms with Crippen LogP contribution in [0.4, 0.5) is 0 Å². The molecule has 0 fully saturated rings. The molecular formula is C50H78N6O14. The normalized spacial score (nSPS) is 14.8. The summed E-state index contributed by atoms with van der Waals surface area (Å²) in [6.45, 7) is 17.4. The molecule has 0 saturated carbocycles. The van der Waals surface area contributed by atoms with Crippen molar-refractivity contribution in [3.8, 4) is 11.5 Å². The van der Waals surface area contributed by atoms with Gasteiger partial charge in [0.2, 0.25) is 35.4 Å². The maximum absolute atomic E-state index is 13.3. The summed E-state index contributed by atoms with van der Waals surface area (Å²) >= 11 is 0. The fourth-order valence-corrected chi connectivity index (χ4v) is 7.22. The predicted molar refractivity (Wildman–Crippen MR) is 261 cm³/mol. The molecule has 70 heavy (non-hydrogen) atoms. The maximum Gasteiger partial charge on any atom is 0.328 e. The Morgan fingerprint density at radius 3 is 1.13 bits per heavy atom. The summed E-state index contributed by atoms with van der Waals surface area (Å²) in [4.78, 5) is 103. The third-order valence-corrected chi connectivity index (χ3v) is 11.1. The molecule has 0 saturated heterocycles. The fraction of sp³-hybridized carbons (Fsp3) is 0.640. The Balaban J connectivity index is 1.94. The fourth-order valence-electron chi connectivity index (χ4n) is 7.22. The molecule has 20 heteroatoms. The van der Waals surface area contributed by atoms with E-state index in [9.17, 15) is 48.6 Å². The largest absolute Gasteiger partial charge is 0.494 e. The SMILES string of the molecule is COC(=O)[C@@H](NC(=O)[C@H](CC(C)C)NC(=O)[C@@H](NC(=O)CCCOc1ccc2ccc(OCCCC(=O)N[C@H](C(=O)N[C@@H](CC(C)C)C(=O)N[C@H](C(=O)OC)C(C)C)[C@@H](C)O)cc2c1)[C@@H](C)O)C(C)C. The molecule has 0 aliphatic carbocycles. The molecule has 2 aromatic rings. The van der Waals surface area contributed by atoms with Gasteiger partial charge in [0.05, 0.1) is 39.6 Å². The molecule has 8 N–H and O–H groups in total. The van der Waals surface area contributed by atoms with Crippen LogP contribution >= 0.6 is 0 Å². The van der Waals surface area contributed by atoms with Gasteiger partial charge in [-0.1, -0.05) is 67.5 Å². The minimum Gasteiger partial charge on any atom is -0.494 e. The van der Waals surface area contributed by atoms with Gasteiger partial charge in [0.15, 0.2) is 0 Å². The van der Waals surface area contributed by atoms with E-state index < -0.39 is 95.8 Å². The van der Waals surface area contributed by atoms with E-state index >= 15 is 0 Å². The van der Waals surface area contributed by atoms with Crippen LogP contribution in [0.5, 0.6) is 11.5 Å². The quantitative estimate of drug-likeness (QED) is 0.0413. The summed E-state index contributed by atoms with van der Waals surface area (Å²) in [7, 11) is 2.43. The molecule has 0 spiro atoms. The zero-order valence-corrected chi connectivity index (χ0v) is 42.8. The van der Waals surface area contributed by atoms with E-state index in [-0.39, 0.29) is 75.4 Å². The Hall–Kier alpha value is -6.02. The molecule has 6 amide bonds. The topological polar surface area (TPSA) is 286 Å². The molecule has 0 heterocycles. The number of hydrogen-bond donors (Lipinski definition) is 8. The predicted octanol–water partition coefficient (Wildman–Crippen LogP) is 2.58. The lowest BCUT2D eigenvalue weighted by Gasteiger charge is -2.27. The molecule has 8 atom stereocenters. The minimum atomic E-state index is -1.36. The van der Waals surface area contributed by atoms with Crippen molar-refractivity contribution in [2.75, 3.05) is 27.4 Å². The molecule has 2 rings (SSSR count). The number of amides is 6. The van der Waals surface area contributed by atoms with E-state index in [1.54, 1.807) is 52.0 Å². The van der Waals surface area contributed by atoms with E-state index in [0.29, 0.717) is 11.5 Å². The van der Waals surface area contributed by atoms with Crippen LogP contribution in [0.15, 0.2) is 36.4 Å². The van der Waals surface area contributed by atoms with Gasteiger partial charge in [0.1, 0.15) is 47.8 Å². The van der Waals surface area contributed by atoms with Crippen molar-refractivity contribution in [2.45, 2.75) is 156 Å². The Labute approximate surface area is 411 Å². The van der Waals surface area contributed by atoms with Crippen LogP contribution in [0.25, 0.3) is 10.8 Å². The van der Waals surface area contributed by atoms with Crippen molar-refractivity contribution >= 4 is 58.2 Å². The van der Waals surface area contributed by atoms with Crippen molar-refractivity contribution in [3.05, 3.63) is 36.4 Å². The molecule has 0 aromatic heterocycles. The lowest BCUT2D eigenvalue weighted by molar-refractivity contribution is -0.147. The van der Waals surface area contributed by atoms with Crippen LogP contribution in [0, 0.1) is 23.7 Å². The van der Waals surface area contributed by atoms with Crippen LogP contribution in [0.1, 0.15) is 108 Å². The zero-order valence-electron chi connectivity index (χ0n) is 42.8. The Morgan fingerprint density at radius 1 is 0.471 bits per heavy atom. The zero-order chi connectivity index (χ0) is 52.8. The summed E-state index contributed by atoms with van der Waals surface area (Å²) in [5, 5.41) is 38.2. The third-order valence-electron chi connectivity index (χ3n) is 11.1. The number of nitrogens with one attached hydrogen (secondary N) is 6. The van der Waals surface area contributed by atoms with Gasteiger partial charge in [-0.3, -0.25) is 28.8 Å². The van der Waals surface area contributed by atoms with Gasteiger partial charge in [-0.05, 0) is 98.2 Å². The summed E-state index contributed by atoms with van der Waals surface area (Å²) in [5.74, 6) is -4.56. The van der Waals surface area contributed by atoms with Crippen molar-refractivity contribution in [1.29, 1.82) is 0 Å². The van der Waals surface area contributed by atoms with E-state index in [4.69, 9.17) is 18.9 Å². The van der Waals surface area contributed by atoms with Crippen LogP contribution in [-0.2, 0) is 47.8 Å². The summed E-state index contributed by atoms with van der Waals surface area (Å²) < 4.78 is 21.5. The molecule has 0 aliphatic rings. The lowest BCUT2D eigenvalue weighted by atomic mass is 10.00. The first-order valence-electron chi connectivity index (χ1n) is 24.0. The molecule has 0 bridgehead atoms. The molecule has 0 unspecified atom stereocenters. The highest BCUT2D eigenvalue weighted by Gasteiger charge is 2.35.